The van der Waals surface area contributed by atoms with Crippen LogP contribution < -0.4 is 0 Å². The van der Waals surface area contributed by atoms with Gasteiger partial charge in [0.05, 0.1) is 0 Å². The summed E-state index contributed by atoms with van der Waals surface area (Å²) in [6.45, 7) is 5.68. The molecule has 0 aromatic heterocycles. The topological polar surface area (TPSA) is 26.3 Å². The summed E-state index contributed by atoms with van der Waals surface area (Å²) in [4.78, 5) is 11.1. The molecule has 0 fully saturated rings. The van der Waals surface area contributed by atoms with Crippen LogP contribution in [0.4, 0.5) is 0 Å². The first-order valence-corrected chi connectivity index (χ1v) is 8.99. The SMILES string of the molecule is C=CC(=O)OC([CH2][Na])CCCCCCCCCC. The van der Waals surface area contributed by atoms with Gasteiger partial charge in [0.2, 0.25) is 0 Å². The second-order valence-corrected chi connectivity index (χ2v) is 5.75. The Hall–Kier alpha value is 0.210. The van der Waals surface area contributed by atoms with Gasteiger partial charge in [-0.15, -0.1) is 0 Å². The predicted octanol–water partition coefficient (Wildman–Crippen LogP) is 4.20. The molecule has 0 saturated carbocycles. The number of rotatable bonds is 12. The average molecular weight is 262 g/mol. The third kappa shape index (κ3) is 11.3. The van der Waals surface area contributed by atoms with Crippen molar-refractivity contribution in [2.24, 2.45) is 0 Å². The van der Waals surface area contributed by atoms with Crippen LogP contribution in [0.5, 0.6) is 0 Å². The standard InChI is InChI=1S/C15H27O2.Na/c1-4-6-7-8-9-10-11-12-13-14(3)17-15(16)5-2;/h5,14H,2-4,6-13H2,1H3;. The first kappa shape index (κ1) is 18.2. The van der Waals surface area contributed by atoms with E-state index in [1.165, 1.54) is 57.4 Å². The van der Waals surface area contributed by atoms with Crippen molar-refractivity contribution in [3.63, 3.8) is 0 Å². The average Bonchev–Trinajstić information content (AvgIpc) is 2.40. The Labute approximate surface area is 130 Å². The zero-order valence-electron chi connectivity index (χ0n) is 12.2. The van der Waals surface area contributed by atoms with Gasteiger partial charge < -0.3 is 0 Å². The van der Waals surface area contributed by atoms with Crippen molar-refractivity contribution in [1.29, 1.82) is 0 Å². The van der Waals surface area contributed by atoms with Crippen LogP contribution in [0.2, 0.25) is 3.67 Å². The van der Waals surface area contributed by atoms with Gasteiger partial charge in [-0.25, -0.2) is 0 Å². The van der Waals surface area contributed by atoms with E-state index in [-0.39, 0.29) is 12.1 Å². The first-order chi connectivity index (χ1) is 8.74. The van der Waals surface area contributed by atoms with Gasteiger partial charge in [-0.1, -0.05) is 0 Å². The van der Waals surface area contributed by atoms with Crippen molar-refractivity contribution in [1.82, 2.24) is 0 Å². The molecule has 0 rings (SSSR count). The van der Waals surface area contributed by atoms with Crippen molar-refractivity contribution < 1.29 is 9.53 Å². The molecule has 100 valence electrons. The van der Waals surface area contributed by atoms with Crippen LogP contribution in [0.3, 0.4) is 0 Å². The number of hydrogen-bond acceptors (Lipinski definition) is 2. The van der Waals surface area contributed by atoms with E-state index >= 15 is 0 Å². The third-order valence-corrected chi connectivity index (χ3v) is 4.20. The van der Waals surface area contributed by atoms with E-state index in [1.54, 1.807) is 0 Å². The van der Waals surface area contributed by atoms with Crippen LogP contribution in [0.1, 0.15) is 64.7 Å². The second kappa shape index (κ2) is 13.6. The van der Waals surface area contributed by atoms with E-state index in [2.05, 4.69) is 13.5 Å². The van der Waals surface area contributed by atoms with E-state index in [0.29, 0.717) is 0 Å². The fraction of sp³-hybridized carbons (Fsp3) is 0.800. The van der Waals surface area contributed by atoms with Crippen LogP contribution >= 0.6 is 0 Å². The van der Waals surface area contributed by atoms with E-state index < -0.39 is 0 Å². The fourth-order valence-electron chi connectivity index (χ4n) is 2.06. The van der Waals surface area contributed by atoms with Crippen LogP contribution in [-0.2, 0) is 9.53 Å². The molecule has 1 atom stereocenters. The Morgan fingerprint density at radius 3 is 2.22 bits per heavy atom. The van der Waals surface area contributed by atoms with Crippen molar-refractivity contribution in [2.45, 2.75) is 74.5 Å². The van der Waals surface area contributed by atoms with Gasteiger partial charge in [-0.05, 0) is 0 Å². The maximum atomic E-state index is 11.1. The molecule has 0 aliphatic rings. The minimum atomic E-state index is -0.268. The van der Waals surface area contributed by atoms with Crippen molar-refractivity contribution in [3.05, 3.63) is 12.7 Å². The molecular weight excluding hydrogens is 235 g/mol. The summed E-state index contributed by atoms with van der Waals surface area (Å²) >= 11 is 1.09. The molecule has 0 aliphatic heterocycles. The van der Waals surface area contributed by atoms with Crippen LogP contribution in [0, 0.1) is 0 Å². The summed E-state index contributed by atoms with van der Waals surface area (Å²) < 4.78 is 6.32. The van der Waals surface area contributed by atoms with E-state index in [9.17, 15) is 4.79 Å². The molecular formula is C15H27NaO2. The molecule has 0 saturated heterocycles. The van der Waals surface area contributed by atoms with Crippen molar-refractivity contribution in [3.8, 4) is 0 Å². The molecule has 0 aliphatic carbocycles. The minimum absolute atomic E-state index is 0.141. The quantitative estimate of drug-likeness (QED) is 0.228. The monoisotopic (exact) mass is 262 g/mol. The molecule has 0 heterocycles. The molecule has 0 bridgehead atoms. The maximum absolute atomic E-state index is 11.1. The summed E-state index contributed by atoms with van der Waals surface area (Å²) in [5.74, 6) is -0.268. The van der Waals surface area contributed by atoms with Gasteiger partial charge in [0.15, 0.2) is 0 Å². The van der Waals surface area contributed by atoms with E-state index in [4.69, 9.17) is 4.74 Å². The van der Waals surface area contributed by atoms with E-state index in [0.717, 1.165) is 38.0 Å². The van der Waals surface area contributed by atoms with Gasteiger partial charge in [-0.2, -0.15) is 0 Å². The molecule has 0 aromatic carbocycles. The molecule has 18 heavy (non-hydrogen) atoms. The molecule has 0 aromatic rings. The summed E-state index contributed by atoms with van der Waals surface area (Å²) in [6.07, 6.45) is 13.0. The number of esters is 1. The van der Waals surface area contributed by atoms with Crippen molar-refractivity contribution >= 4 is 33.9 Å². The fourth-order valence-corrected chi connectivity index (χ4v) is 2.64. The first-order valence-electron chi connectivity index (χ1n) is 7.57. The molecule has 0 radical (unpaired) electrons. The Balaban J connectivity index is 3.39. The zero-order chi connectivity index (χ0) is 13.6. The summed E-state index contributed by atoms with van der Waals surface area (Å²) in [7, 11) is 0. The van der Waals surface area contributed by atoms with Gasteiger partial charge in [0, 0.05) is 0 Å². The number of hydrogen-bond donors (Lipinski definition) is 0. The summed E-state index contributed by atoms with van der Waals surface area (Å²) in [6, 6.07) is 0. The van der Waals surface area contributed by atoms with Gasteiger partial charge in [0.25, 0.3) is 0 Å². The predicted molar refractivity (Wildman–Crippen MR) is 77.9 cm³/mol. The Kier molecular flexibility index (Phi) is 13.8. The molecule has 0 amide bonds. The zero-order valence-corrected chi connectivity index (χ0v) is 14.2. The molecule has 2 nitrogen and oxygen atoms in total. The Bertz CT molecular complexity index is 217. The van der Waals surface area contributed by atoms with Crippen LogP contribution in [-0.4, -0.2) is 40.0 Å². The number of carbonyl (C=O) groups is 1. The number of unbranched alkanes of at least 4 members (excludes halogenated alkanes) is 7. The number of carbonyl (C=O) groups excluding carboxylic acids is 1. The van der Waals surface area contributed by atoms with Crippen molar-refractivity contribution in [2.75, 3.05) is 0 Å². The number of ether oxygens (including phenoxy) is 1. The van der Waals surface area contributed by atoms with Crippen LogP contribution in [0.25, 0.3) is 0 Å². The normalized spacial score (nSPS) is 12.2. The Morgan fingerprint density at radius 2 is 1.72 bits per heavy atom. The molecule has 0 spiro atoms. The summed E-state index contributed by atoms with van der Waals surface area (Å²) in [5, 5.41) is 0. The van der Waals surface area contributed by atoms with Gasteiger partial charge in [-0.3, -0.25) is 0 Å². The van der Waals surface area contributed by atoms with Gasteiger partial charge in [0.1, 0.15) is 0 Å². The van der Waals surface area contributed by atoms with Gasteiger partial charge >= 0.3 is 131 Å². The summed E-state index contributed by atoms with van der Waals surface area (Å²) in [5.41, 5.74) is 0. The van der Waals surface area contributed by atoms with Crippen LogP contribution in [0.15, 0.2) is 12.7 Å². The van der Waals surface area contributed by atoms with E-state index in [1.807, 2.05) is 0 Å². The third-order valence-electron chi connectivity index (χ3n) is 3.28. The molecule has 1 unspecified atom stereocenters. The second-order valence-electron chi connectivity index (χ2n) is 4.93. The molecule has 0 N–H and O–H groups in total. The molecule has 3 heteroatoms. The Morgan fingerprint density at radius 1 is 1.17 bits per heavy atom.